The lowest BCUT2D eigenvalue weighted by Gasteiger charge is -2.24. The second-order valence-electron chi connectivity index (χ2n) is 5.30. The molecule has 0 aromatic rings. The maximum absolute atomic E-state index is 12.0. The van der Waals surface area contributed by atoms with Gasteiger partial charge in [0.15, 0.2) is 0 Å². The second kappa shape index (κ2) is 5.90. The monoisotopic (exact) mass is 288 g/mol. The summed E-state index contributed by atoms with van der Waals surface area (Å²) in [4.78, 5) is 24.8. The van der Waals surface area contributed by atoms with E-state index in [1.807, 2.05) is 0 Å². The number of rotatable bonds is 4. The highest BCUT2D eigenvalue weighted by atomic mass is 32.2. The van der Waals surface area contributed by atoms with Crippen LogP contribution in [-0.2, 0) is 15.6 Å². The summed E-state index contributed by atoms with van der Waals surface area (Å²) in [6, 6.07) is -1.04. The fraction of sp³-hybridized carbons (Fsp3) is 0.833. The number of aliphatic carboxylic acids is 1. The van der Waals surface area contributed by atoms with E-state index >= 15 is 0 Å². The maximum atomic E-state index is 12.0. The third-order valence-corrected chi connectivity index (χ3v) is 4.85. The standard InChI is InChI=1S/C12H20N2O4S/c1-19(18)6-5-13-12(17)14-7-8-3-2-4-9(8)10(14)11(15)16/h8-10H,2-7H2,1H3,(H,13,17)(H,15,16). The lowest BCUT2D eigenvalue weighted by molar-refractivity contribution is -0.142. The van der Waals surface area contributed by atoms with Crippen LogP contribution in [0.4, 0.5) is 4.79 Å². The van der Waals surface area contributed by atoms with Crippen LogP contribution >= 0.6 is 0 Å². The van der Waals surface area contributed by atoms with Gasteiger partial charge in [-0.3, -0.25) is 4.21 Å². The third-order valence-electron chi connectivity index (χ3n) is 4.07. The molecule has 0 aromatic heterocycles. The number of hydrogen-bond acceptors (Lipinski definition) is 3. The Kier molecular flexibility index (Phi) is 4.44. The Morgan fingerprint density at radius 3 is 2.79 bits per heavy atom. The Labute approximate surface area is 115 Å². The molecule has 1 saturated heterocycles. The van der Waals surface area contributed by atoms with E-state index in [0.29, 0.717) is 24.8 Å². The zero-order valence-electron chi connectivity index (χ0n) is 11.0. The number of hydrogen-bond donors (Lipinski definition) is 2. The van der Waals surface area contributed by atoms with Crippen LogP contribution in [-0.4, -0.2) is 57.4 Å². The Balaban J connectivity index is 1.96. The topological polar surface area (TPSA) is 86.7 Å². The number of amides is 2. The SMILES string of the molecule is CS(=O)CCNC(=O)N1CC2CCCC2C1C(=O)O. The van der Waals surface area contributed by atoms with Crippen molar-refractivity contribution in [2.24, 2.45) is 11.8 Å². The lowest BCUT2D eigenvalue weighted by atomic mass is 9.94. The predicted octanol–water partition coefficient (Wildman–Crippen LogP) is 0.260. The summed E-state index contributed by atoms with van der Waals surface area (Å²) in [6.07, 6.45) is 4.54. The molecule has 0 aromatic carbocycles. The van der Waals surface area contributed by atoms with Gasteiger partial charge in [0.2, 0.25) is 0 Å². The number of nitrogens with one attached hydrogen (secondary N) is 1. The van der Waals surface area contributed by atoms with Gasteiger partial charge in [0.1, 0.15) is 6.04 Å². The summed E-state index contributed by atoms with van der Waals surface area (Å²) in [6.45, 7) is 0.850. The number of nitrogens with zero attached hydrogens (tertiary/aromatic N) is 1. The Bertz CT molecular complexity index is 401. The molecule has 1 heterocycles. The highest BCUT2D eigenvalue weighted by Crippen LogP contribution is 2.42. The van der Waals surface area contributed by atoms with Gasteiger partial charge in [-0.1, -0.05) is 6.42 Å². The van der Waals surface area contributed by atoms with Crippen molar-refractivity contribution < 1.29 is 18.9 Å². The molecule has 2 amide bonds. The number of fused-ring (bicyclic) bond motifs is 1. The molecule has 0 radical (unpaired) electrons. The first-order valence-corrected chi connectivity index (χ1v) is 8.30. The van der Waals surface area contributed by atoms with Gasteiger partial charge >= 0.3 is 12.0 Å². The van der Waals surface area contributed by atoms with Gasteiger partial charge in [-0.15, -0.1) is 0 Å². The summed E-state index contributed by atoms with van der Waals surface area (Å²) in [5.41, 5.74) is 0. The van der Waals surface area contributed by atoms with Crippen molar-refractivity contribution in [3.63, 3.8) is 0 Å². The minimum atomic E-state index is -0.955. The van der Waals surface area contributed by atoms with Gasteiger partial charge in [0.05, 0.1) is 0 Å². The minimum absolute atomic E-state index is 0.101. The van der Waals surface area contributed by atoms with Gasteiger partial charge in [-0.05, 0) is 24.7 Å². The fourth-order valence-corrected chi connectivity index (χ4v) is 3.62. The van der Waals surface area contributed by atoms with Gasteiger partial charge in [-0.2, -0.15) is 0 Å². The molecule has 0 spiro atoms. The average molecular weight is 288 g/mol. The van der Waals surface area contributed by atoms with Crippen LogP contribution in [0.25, 0.3) is 0 Å². The van der Waals surface area contributed by atoms with Crippen LogP contribution in [0.5, 0.6) is 0 Å². The van der Waals surface area contributed by atoms with E-state index in [-0.39, 0.29) is 11.9 Å². The third kappa shape index (κ3) is 3.08. The van der Waals surface area contributed by atoms with Crippen molar-refractivity contribution in [3.05, 3.63) is 0 Å². The van der Waals surface area contributed by atoms with Crippen molar-refractivity contribution >= 4 is 22.8 Å². The molecule has 6 nitrogen and oxygen atoms in total. The van der Waals surface area contributed by atoms with Crippen LogP contribution in [0.15, 0.2) is 0 Å². The molecule has 1 saturated carbocycles. The lowest BCUT2D eigenvalue weighted by Crippen LogP contribution is -2.48. The highest BCUT2D eigenvalue weighted by molar-refractivity contribution is 7.84. The average Bonchev–Trinajstić information content (AvgIpc) is 2.86. The Morgan fingerprint density at radius 1 is 1.42 bits per heavy atom. The summed E-state index contributed by atoms with van der Waals surface area (Å²) in [7, 11) is -0.955. The van der Waals surface area contributed by atoms with Gasteiger partial charge in [-0.25, -0.2) is 9.59 Å². The quantitative estimate of drug-likeness (QED) is 0.777. The first-order valence-electron chi connectivity index (χ1n) is 6.58. The van der Waals surface area contributed by atoms with Crippen LogP contribution in [0, 0.1) is 11.8 Å². The second-order valence-corrected chi connectivity index (χ2v) is 6.85. The molecule has 1 aliphatic heterocycles. The summed E-state index contributed by atoms with van der Waals surface area (Å²) >= 11 is 0. The predicted molar refractivity (Wildman–Crippen MR) is 71.3 cm³/mol. The zero-order valence-corrected chi connectivity index (χ0v) is 11.8. The van der Waals surface area contributed by atoms with Crippen LogP contribution in [0.2, 0.25) is 0 Å². The van der Waals surface area contributed by atoms with Gasteiger partial charge in [0, 0.05) is 35.9 Å². The molecule has 2 N–H and O–H groups in total. The number of likely N-dealkylation sites (tertiary alicyclic amines) is 1. The van der Waals surface area contributed by atoms with E-state index < -0.39 is 22.8 Å². The number of carboxylic acids is 1. The van der Waals surface area contributed by atoms with Crippen LogP contribution in [0.1, 0.15) is 19.3 Å². The molecule has 1 aliphatic carbocycles. The number of urea groups is 1. The first-order chi connectivity index (χ1) is 9.00. The van der Waals surface area contributed by atoms with Crippen molar-refractivity contribution in [1.29, 1.82) is 0 Å². The molecular formula is C12H20N2O4S. The largest absolute Gasteiger partial charge is 0.480 e. The zero-order chi connectivity index (χ0) is 14.0. The molecule has 108 valence electrons. The minimum Gasteiger partial charge on any atom is -0.480 e. The first kappa shape index (κ1) is 14.3. The molecule has 4 unspecified atom stereocenters. The van der Waals surface area contributed by atoms with Crippen molar-refractivity contribution in [2.45, 2.75) is 25.3 Å². The van der Waals surface area contributed by atoms with Gasteiger partial charge < -0.3 is 15.3 Å². The molecule has 4 atom stereocenters. The fourth-order valence-electron chi connectivity index (χ4n) is 3.23. The smallest absolute Gasteiger partial charge is 0.326 e. The summed E-state index contributed by atoms with van der Waals surface area (Å²) in [5.74, 6) is -0.0937. The normalized spacial score (nSPS) is 31.0. The summed E-state index contributed by atoms with van der Waals surface area (Å²) in [5, 5.41) is 12.0. The van der Waals surface area contributed by atoms with Crippen LogP contribution in [0.3, 0.4) is 0 Å². The van der Waals surface area contributed by atoms with E-state index in [2.05, 4.69) is 5.32 Å². The number of carbonyl (C=O) groups is 2. The van der Waals surface area contributed by atoms with E-state index in [4.69, 9.17) is 0 Å². The van der Waals surface area contributed by atoms with Crippen molar-refractivity contribution in [3.8, 4) is 0 Å². The van der Waals surface area contributed by atoms with Crippen molar-refractivity contribution in [1.82, 2.24) is 10.2 Å². The molecule has 2 aliphatic rings. The number of carboxylic acid groups (broad SMARTS) is 1. The van der Waals surface area contributed by atoms with E-state index in [1.54, 1.807) is 6.26 Å². The Hall–Kier alpha value is -1.11. The van der Waals surface area contributed by atoms with Crippen LogP contribution < -0.4 is 5.32 Å². The number of carbonyl (C=O) groups excluding carboxylic acids is 1. The molecule has 2 fully saturated rings. The van der Waals surface area contributed by atoms with E-state index in [0.717, 1.165) is 19.3 Å². The molecule has 7 heteroatoms. The van der Waals surface area contributed by atoms with E-state index in [1.165, 1.54) is 4.90 Å². The molecular weight excluding hydrogens is 268 g/mol. The summed E-state index contributed by atoms with van der Waals surface area (Å²) < 4.78 is 10.9. The van der Waals surface area contributed by atoms with Crippen molar-refractivity contribution in [2.75, 3.05) is 25.1 Å². The highest BCUT2D eigenvalue weighted by Gasteiger charge is 2.49. The van der Waals surface area contributed by atoms with Gasteiger partial charge in [0.25, 0.3) is 0 Å². The maximum Gasteiger partial charge on any atom is 0.326 e. The molecule has 0 bridgehead atoms. The molecule has 2 rings (SSSR count). The van der Waals surface area contributed by atoms with E-state index in [9.17, 15) is 18.9 Å². The molecule has 19 heavy (non-hydrogen) atoms. The Morgan fingerprint density at radius 2 is 2.16 bits per heavy atom.